The molecular formula is C8H19N3O. The molecule has 0 aliphatic rings. The summed E-state index contributed by atoms with van der Waals surface area (Å²) in [6.45, 7) is 6.00. The van der Waals surface area contributed by atoms with Gasteiger partial charge < -0.3 is 16.4 Å². The lowest BCUT2D eigenvalue weighted by atomic mass is 10.1. The zero-order chi connectivity index (χ0) is 9.40. The third-order valence-corrected chi connectivity index (χ3v) is 1.44. The molecule has 0 atom stereocenters. The lowest BCUT2D eigenvalue weighted by molar-refractivity contribution is 0.240. The molecule has 12 heavy (non-hydrogen) atoms. The molecule has 0 aromatic carbocycles. The molecular weight excluding hydrogens is 154 g/mol. The first-order valence-corrected chi connectivity index (χ1v) is 4.38. The van der Waals surface area contributed by atoms with E-state index in [1.165, 1.54) is 0 Å². The third kappa shape index (κ3) is 7.34. The summed E-state index contributed by atoms with van der Waals surface area (Å²) in [5.74, 6) is 0.625. The van der Waals surface area contributed by atoms with Crippen molar-refractivity contribution in [2.75, 3.05) is 19.6 Å². The zero-order valence-corrected chi connectivity index (χ0v) is 7.89. The highest BCUT2D eigenvalue weighted by Crippen LogP contribution is 1.95. The van der Waals surface area contributed by atoms with Gasteiger partial charge in [-0.15, -0.1) is 0 Å². The summed E-state index contributed by atoms with van der Waals surface area (Å²) in [5.41, 5.74) is 5.21. The lowest BCUT2D eigenvalue weighted by Crippen LogP contribution is -2.38. The fourth-order valence-corrected chi connectivity index (χ4v) is 0.723. The normalized spacial score (nSPS) is 10.0. The van der Waals surface area contributed by atoms with E-state index in [0.29, 0.717) is 19.0 Å². The Morgan fingerprint density at radius 2 is 1.92 bits per heavy atom. The van der Waals surface area contributed by atoms with E-state index in [2.05, 4.69) is 24.5 Å². The summed E-state index contributed by atoms with van der Waals surface area (Å²) in [6, 6.07) is -0.124. The maximum atomic E-state index is 10.9. The van der Waals surface area contributed by atoms with E-state index >= 15 is 0 Å². The molecule has 0 heterocycles. The first-order chi connectivity index (χ1) is 5.66. The average molecular weight is 173 g/mol. The van der Waals surface area contributed by atoms with Crippen LogP contribution in [-0.2, 0) is 0 Å². The van der Waals surface area contributed by atoms with Gasteiger partial charge in [0.25, 0.3) is 0 Å². The summed E-state index contributed by atoms with van der Waals surface area (Å²) >= 11 is 0. The molecule has 0 spiro atoms. The summed E-state index contributed by atoms with van der Waals surface area (Å²) in [4.78, 5) is 10.9. The van der Waals surface area contributed by atoms with E-state index in [1.54, 1.807) is 0 Å². The van der Waals surface area contributed by atoms with Crippen molar-refractivity contribution in [2.45, 2.75) is 20.3 Å². The van der Waals surface area contributed by atoms with Gasteiger partial charge in [0.1, 0.15) is 0 Å². The molecule has 0 aliphatic carbocycles. The van der Waals surface area contributed by atoms with Crippen molar-refractivity contribution >= 4 is 6.03 Å². The standard InChI is InChI=1S/C8H19N3O/c1-7(2)3-5-10-8(12)11-6-4-9/h7H,3-6,9H2,1-2H3,(H2,10,11,12). The Hall–Kier alpha value is -0.770. The topological polar surface area (TPSA) is 67.2 Å². The van der Waals surface area contributed by atoms with Gasteiger partial charge in [0.05, 0.1) is 0 Å². The fraction of sp³-hybridized carbons (Fsp3) is 0.875. The Labute approximate surface area is 73.9 Å². The predicted molar refractivity (Wildman–Crippen MR) is 49.9 cm³/mol. The first kappa shape index (κ1) is 11.2. The number of nitrogens with one attached hydrogen (secondary N) is 2. The largest absolute Gasteiger partial charge is 0.338 e. The molecule has 4 heteroatoms. The number of rotatable bonds is 5. The molecule has 0 unspecified atom stereocenters. The second-order valence-corrected chi connectivity index (χ2v) is 3.15. The minimum Gasteiger partial charge on any atom is -0.338 e. The summed E-state index contributed by atoms with van der Waals surface area (Å²) in [7, 11) is 0. The molecule has 4 N–H and O–H groups in total. The smallest absolute Gasteiger partial charge is 0.314 e. The van der Waals surface area contributed by atoms with Gasteiger partial charge in [-0.3, -0.25) is 0 Å². The molecule has 2 amide bonds. The van der Waals surface area contributed by atoms with E-state index < -0.39 is 0 Å². The van der Waals surface area contributed by atoms with Crippen molar-refractivity contribution in [2.24, 2.45) is 11.7 Å². The number of amides is 2. The third-order valence-electron chi connectivity index (χ3n) is 1.44. The van der Waals surface area contributed by atoms with Crippen molar-refractivity contribution in [3.8, 4) is 0 Å². The lowest BCUT2D eigenvalue weighted by Gasteiger charge is -2.07. The number of carbonyl (C=O) groups is 1. The SMILES string of the molecule is CC(C)CCNC(=O)NCCN. The highest BCUT2D eigenvalue weighted by atomic mass is 16.2. The minimum atomic E-state index is -0.124. The highest BCUT2D eigenvalue weighted by molar-refractivity contribution is 5.73. The molecule has 0 saturated carbocycles. The summed E-state index contributed by atoms with van der Waals surface area (Å²) < 4.78 is 0. The molecule has 0 fully saturated rings. The molecule has 0 aliphatic heterocycles. The Balaban J connectivity index is 3.20. The highest BCUT2D eigenvalue weighted by Gasteiger charge is 1.98. The van der Waals surface area contributed by atoms with Crippen LogP contribution in [0.3, 0.4) is 0 Å². The van der Waals surface area contributed by atoms with Crippen molar-refractivity contribution in [3.63, 3.8) is 0 Å². The van der Waals surface area contributed by atoms with Crippen LogP contribution < -0.4 is 16.4 Å². The van der Waals surface area contributed by atoms with Crippen molar-refractivity contribution in [1.82, 2.24) is 10.6 Å². The van der Waals surface area contributed by atoms with Crippen LogP contribution in [-0.4, -0.2) is 25.7 Å². The number of urea groups is 1. The van der Waals surface area contributed by atoms with Crippen LogP contribution in [0.1, 0.15) is 20.3 Å². The zero-order valence-electron chi connectivity index (χ0n) is 7.89. The molecule has 0 bridgehead atoms. The van der Waals surface area contributed by atoms with Crippen molar-refractivity contribution < 1.29 is 4.79 Å². The van der Waals surface area contributed by atoms with E-state index in [1.807, 2.05) is 0 Å². The maximum Gasteiger partial charge on any atom is 0.314 e. The number of hydrogen-bond donors (Lipinski definition) is 3. The molecule has 0 saturated heterocycles. The number of carbonyl (C=O) groups excluding carboxylic acids is 1. The van der Waals surface area contributed by atoms with Crippen LogP contribution in [0, 0.1) is 5.92 Å². The molecule has 72 valence electrons. The molecule has 4 nitrogen and oxygen atoms in total. The van der Waals surface area contributed by atoms with Crippen LogP contribution >= 0.6 is 0 Å². The van der Waals surface area contributed by atoms with Crippen LogP contribution in [0.25, 0.3) is 0 Å². The van der Waals surface area contributed by atoms with Gasteiger partial charge in [-0.1, -0.05) is 13.8 Å². The van der Waals surface area contributed by atoms with Crippen LogP contribution in [0.5, 0.6) is 0 Å². The van der Waals surface area contributed by atoms with E-state index in [-0.39, 0.29) is 6.03 Å². The molecule has 0 aromatic rings. The van der Waals surface area contributed by atoms with E-state index in [0.717, 1.165) is 13.0 Å². The summed E-state index contributed by atoms with van der Waals surface area (Å²) in [5, 5.41) is 5.37. The minimum absolute atomic E-state index is 0.124. The monoisotopic (exact) mass is 173 g/mol. The maximum absolute atomic E-state index is 10.9. The van der Waals surface area contributed by atoms with Gasteiger partial charge >= 0.3 is 6.03 Å². The van der Waals surface area contributed by atoms with Gasteiger partial charge in [0.2, 0.25) is 0 Å². The van der Waals surface area contributed by atoms with Gasteiger partial charge in [-0.25, -0.2) is 4.79 Å². The van der Waals surface area contributed by atoms with Gasteiger partial charge in [0, 0.05) is 19.6 Å². The Bertz CT molecular complexity index is 125. The Morgan fingerprint density at radius 1 is 1.33 bits per heavy atom. The number of hydrogen-bond acceptors (Lipinski definition) is 2. The second-order valence-electron chi connectivity index (χ2n) is 3.15. The molecule has 0 aromatic heterocycles. The average Bonchev–Trinajstić information content (AvgIpc) is 2.00. The molecule has 0 radical (unpaired) electrons. The van der Waals surface area contributed by atoms with Crippen molar-refractivity contribution in [1.29, 1.82) is 0 Å². The van der Waals surface area contributed by atoms with Crippen LogP contribution in [0.4, 0.5) is 4.79 Å². The van der Waals surface area contributed by atoms with Gasteiger partial charge in [-0.05, 0) is 12.3 Å². The summed E-state index contributed by atoms with van der Waals surface area (Å²) in [6.07, 6.45) is 1.01. The first-order valence-electron chi connectivity index (χ1n) is 4.38. The van der Waals surface area contributed by atoms with Crippen LogP contribution in [0.15, 0.2) is 0 Å². The van der Waals surface area contributed by atoms with Gasteiger partial charge in [0.15, 0.2) is 0 Å². The van der Waals surface area contributed by atoms with Crippen LogP contribution in [0.2, 0.25) is 0 Å². The number of nitrogens with two attached hydrogens (primary N) is 1. The van der Waals surface area contributed by atoms with E-state index in [4.69, 9.17) is 5.73 Å². The Kier molecular flexibility index (Phi) is 6.47. The van der Waals surface area contributed by atoms with E-state index in [9.17, 15) is 4.79 Å². The quantitative estimate of drug-likeness (QED) is 0.559. The predicted octanol–water partition coefficient (Wildman–Crippen LogP) is 0.290. The molecule has 0 rings (SSSR count). The van der Waals surface area contributed by atoms with Crippen molar-refractivity contribution in [3.05, 3.63) is 0 Å². The van der Waals surface area contributed by atoms with Gasteiger partial charge in [-0.2, -0.15) is 0 Å². The fourth-order valence-electron chi connectivity index (χ4n) is 0.723. The second kappa shape index (κ2) is 6.91. The Morgan fingerprint density at radius 3 is 2.42 bits per heavy atom.